The molecule has 3 rings (SSSR count). The van der Waals surface area contributed by atoms with Crippen molar-refractivity contribution in [2.24, 2.45) is 0 Å². The lowest BCUT2D eigenvalue weighted by Gasteiger charge is -2.26. The second-order valence-electron chi connectivity index (χ2n) is 5.54. The number of aromatic nitrogens is 1. The van der Waals surface area contributed by atoms with E-state index in [9.17, 15) is 9.59 Å². The van der Waals surface area contributed by atoms with Gasteiger partial charge in [0, 0.05) is 28.6 Å². The summed E-state index contributed by atoms with van der Waals surface area (Å²) in [6.45, 7) is 3.64. The molecule has 1 saturated heterocycles. The van der Waals surface area contributed by atoms with Crippen molar-refractivity contribution >= 4 is 38.7 Å². The second kappa shape index (κ2) is 7.27. The summed E-state index contributed by atoms with van der Waals surface area (Å²) >= 11 is 3.40. The molecule has 1 aromatic carbocycles. The maximum absolute atomic E-state index is 12.4. The Balaban J connectivity index is 1.76. The quantitative estimate of drug-likeness (QED) is 0.749. The number of esters is 1. The van der Waals surface area contributed by atoms with Gasteiger partial charge in [-0.3, -0.25) is 9.78 Å². The molecule has 1 amide bonds. The summed E-state index contributed by atoms with van der Waals surface area (Å²) in [5.41, 5.74) is 1.84. The van der Waals surface area contributed by atoms with Crippen LogP contribution in [0, 0.1) is 6.92 Å². The second-order valence-corrected chi connectivity index (χ2v) is 6.46. The van der Waals surface area contributed by atoms with Crippen LogP contribution in [0.25, 0.3) is 10.9 Å². The van der Waals surface area contributed by atoms with Gasteiger partial charge in [0.25, 0.3) is 5.91 Å². The number of carbonyl (C=O) groups is 2. The van der Waals surface area contributed by atoms with E-state index in [2.05, 4.69) is 20.9 Å². The summed E-state index contributed by atoms with van der Waals surface area (Å²) < 4.78 is 11.3. The predicted octanol–water partition coefficient (Wildman–Crippen LogP) is 2.32. The molecule has 24 heavy (non-hydrogen) atoms. The molecule has 0 N–H and O–H groups in total. The van der Waals surface area contributed by atoms with Gasteiger partial charge in [0.1, 0.15) is 0 Å². The number of hydrogen-bond acceptors (Lipinski definition) is 5. The monoisotopic (exact) mass is 392 g/mol. The molecule has 0 atom stereocenters. The third-order valence-corrected chi connectivity index (χ3v) is 4.30. The predicted molar refractivity (Wildman–Crippen MR) is 91.9 cm³/mol. The van der Waals surface area contributed by atoms with Gasteiger partial charge in [-0.2, -0.15) is 0 Å². The lowest BCUT2D eigenvalue weighted by Crippen LogP contribution is -2.42. The summed E-state index contributed by atoms with van der Waals surface area (Å²) in [5, 5.41) is 0.693. The maximum atomic E-state index is 12.4. The normalized spacial score (nSPS) is 14.7. The lowest BCUT2D eigenvalue weighted by atomic mass is 10.1. The van der Waals surface area contributed by atoms with Crippen molar-refractivity contribution in [3.05, 3.63) is 40.0 Å². The third-order valence-electron chi connectivity index (χ3n) is 3.81. The molecule has 7 heteroatoms. The Morgan fingerprint density at radius 1 is 1.29 bits per heavy atom. The zero-order valence-electron chi connectivity index (χ0n) is 13.3. The lowest BCUT2D eigenvalue weighted by molar-refractivity contribution is -0.138. The Kier molecular flexibility index (Phi) is 5.11. The highest BCUT2D eigenvalue weighted by Gasteiger charge is 2.20. The number of benzene rings is 1. The molecular weight excluding hydrogens is 376 g/mol. The van der Waals surface area contributed by atoms with Crippen LogP contribution in [0.4, 0.5) is 0 Å². The first-order valence-corrected chi connectivity index (χ1v) is 8.43. The molecular formula is C17H17BrN2O4. The van der Waals surface area contributed by atoms with Gasteiger partial charge in [-0.1, -0.05) is 15.9 Å². The van der Waals surface area contributed by atoms with Gasteiger partial charge in [0.15, 0.2) is 6.61 Å². The number of amides is 1. The van der Waals surface area contributed by atoms with Crippen LogP contribution in [0.3, 0.4) is 0 Å². The molecule has 2 heterocycles. The van der Waals surface area contributed by atoms with E-state index in [1.165, 1.54) is 0 Å². The Labute approximate surface area is 147 Å². The first-order valence-electron chi connectivity index (χ1n) is 7.64. The van der Waals surface area contributed by atoms with Crippen LogP contribution < -0.4 is 0 Å². The van der Waals surface area contributed by atoms with Crippen LogP contribution in [-0.2, 0) is 14.3 Å². The minimum absolute atomic E-state index is 0.206. The minimum Gasteiger partial charge on any atom is -0.452 e. The van der Waals surface area contributed by atoms with Crippen LogP contribution in [0.15, 0.2) is 28.7 Å². The zero-order valence-corrected chi connectivity index (χ0v) is 14.8. The van der Waals surface area contributed by atoms with Gasteiger partial charge in [0.05, 0.1) is 24.3 Å². The van der Waals surface area contributed by atoms with Gasteiger partial charge >= 0.3 is 5.97 Å². The van der Waals surface area contributed by atoms with Crippen LogP contribution in [0.1, 0.15) is 16.1 Å². The van der Waals surface area contributed by atoms with Crippen molar-refractivity contribution in [2.45, 2.75) is 6.92 Å². The fourth-order valence-corrected chi connectivity index (χ4v) is 2.97. The van der Waals surface area contributed by atoms with Crippen molar-refractivity contribution < 1.29 is 19.1 Å². The van der Waals surface area contributed by atoms with Crippen LogP contribution in [0.2, 0.25) is 0 Å². The van der Waals surface area contributed by atoms with E-state index in [0.29, 0.717) is 42.8 Å². The number of ether oxygens (including phenoxy) is 2. The van der Waals surface area contributed by atoms with E-state index in [1.807, 2.05) is 25.1 Å². The fourth-order valence-electron chi connectivity index (χ4n) is 2.61. The van der Waals surface area contributed by atoms with Crippen molar-refractivity contribution in [1.82, 2.24) is 9.88 Å². The average Bonchev–Trinajstić information content (AvgIpc) is 2.59. The first kappa shape index (κ1) is 16.9. The van der Waals surface area contributed by atoms with Crippen LogP contribution in [0.5, 0.6) is 0 Å². The SMILES string of the molecule is Cc1cc(C(=O)OCC(=O)N2CCOCC2)c2cc(Br)ccc2n1. The summed E-state index contributed by atoms with van der Waals surface area (Å²) in [6, 6.07) is 7.20. The summed E-state index contributed by atoms with van der Waals surface area (Å²) in [4.78, 5) is 30.6. The van der Waals surface area contributed by atoms with Crippen molar-refractivity contribution in [3.8, 4) is 0 Å². The largest absolute Gasteiger partial charge is 0.452 e. The summed E-state index contributed by atoms with van der Waals surface area (Å²) in [5.74, 6) is -0.729. The standard InChI is InChI=1S/C17H17BrN2O4/c1-11-8-14(13-9-12(18)2-3-15(13)19-11)17(22)24-10-16(21)20-4-6-23-7-5-20/h2-3,8-9H,4-7,10H2,1H3. The van der Waals surface area contributed by atoms with Crippen LogP contribution >= 0.6 is 15.9 Å². The topological polar surface area (TPSA) is 68.7 Å². The summed E-state index contributed by atoms with van der Waals surface area (Å²) in [7, 11) is 0. The zero-order chi connectivity index (χ0) is 17.1. The molecule has 0 saturated carbocycles. The third kappa shape index (κ3) is 3.73. The molecule has 1 aliphatic rings. The fraction of sp³-hybridized carbons (Fsp3) is 0.353. The van der Waals surface area contributed by atoms with Gasteiger partial charge in [-0.15, -0.1) is 0 Å². The molecule has 0 unspecified atom stereocenters. The smallest absolute Gasteiger partial charge is 0.339 e. The first-order chi connectivity index (χ1) is 11.5. The Bertz CT molecular complexity index is 787. The molecule has 1 aromatic heterocycles. The number of hydrogen-bond donors (Lipinski definition) is 0. The number of morpholine rings is 1. The molecule has 0 aliphatic carbocycles. The molecule has 1 fully saturated rings. The number of fused-ring (bicyclic) bond motifs is 1. The molecule has 2 aromatic rings. The Morgan fingerprint density at radius 3 is 2.79 bits per heavy atom. The molecule has 1 aliphatic heterocycles. The van der Waals surface area contributed by atoms with Crippen molar-refractivity contribution in [3.63, 3.8) is 0 Å². The van der Waals surface area contributed by atoms with Gasteiger partial charge < -0.3 is 14.4 Å². The minimum atomic E-state index is -0.523. The maximum Gasteiger partial charge on any atom is 0.339 e. The number of pyridine rings is 1. The van der Waals surface area contributed by atoms with Gasteiger partial charge in [-0.05, 0) is 31.2 Å². The van der Waals surface area contributed by atoms with Crippen molar-refractivity contribution in [2.75, 3.05) is 32.9 Å². The van der Waals surface area contributed by atoms with E-state index >= 15 is 0 Å². The average molecular weight is 393 g/mol. The number of nitrogens with zero attached hydrogens (tertiary/aromatic N) is 2. The molecule has 6 nitrogen and oxygen atoms in total. The van der Waals surface area contributed by atoms with E-state index in [4.69, 9.17) is 9.47 Å². The molecule has 0 bridgehead atoms. The van der Waals surface area contributed by atoms with E-state index in [0.717, 1.165) is 10.2 Å². The highest BCUT2D eigenvalue weighted by molar-refractivity contribution is 9.10. The van der Waals surface area contributed by atoms with Gasteiger partial charge in [0.2, 0.25) is 0 Å². The molecule has 126 valence electrons. The van der Waals surface area contributed by atoms with E-state index in [1.54, 1.807) is 11.0 Å². The highest BCUT2D eigenvalue weighted by atomic mass is 79.9. The number of halogens is 1. The highest BCUT2D eigenvalue weighted by Crippen LogP contribution is 2.23. The Morgan fingerprint density at radius 2 is 2.04 bits per heavy atom. The summed E-state index contributed by atoms with van der Waals surface area (Å²) in [6.07, 6.45) is 0. The number of rotatable bonds is 3. The van der Waals surface area contributed by atoms with Crippen molar-refractivity contribution in [1.29, 1.82) is 0 Å². The molecule has 0 spiro atoms. The van der Waals surface area contributed by atoms with Crippen LogP contribution in [-0.4, -0.2) is 54.7 Å². The molecule has 0 radical (unpaired) electrons. The number of aryl methyl sites for hydroxylation is 1. The Hall–Kier alpha value is -1.99. The number of carbonyl (C=O) groups excluding carboxylic acids is 2. The van der Waals surface area contributed by atoms with Gasteiger partial charge in [-0.25, -0.2) is 4.79 Å². The van der Waals surface area contributed by atoms with E-state index in [-0.39, 0.29) is 12.5 Å². The van der Waals surface area contributed by atoms with E-state index < -0.39 is 5.97 Å².